The van der Waals surface area contributed by atoms with Crippen LogP contribution in [0.15, 0.2) is 41.8 Å². The Balaban J connectivity index is 1.63. The Labute approximate surface area is 159 Å². The fourth-order valence-electron chi connectivity index (χ4n) is 3.29. The third kappa shape index (κ3) is 5.16. The van der Waals surface area contributed by atoms with Crippen molar-refractivity contribution in [1.29, 1.82) is 0 Å². The summed E-state index contributed by atoms with van der Waals surface area (Å²) in [6.07, 6.45) is 3.62. The summed E-state index contributed by atoms with van der Waals surface area (Å²) in [5.74, 6) is -0.138. The molecule has 1 N–H and O–H groups in total. The van der Waals surface area contributed by atoms with Crippen LogP contribution in [-0.4, -0.2) is 45.1 Å². The molecule has 140 valence electrons. The molecule has 3 rings (SSSR count). The summed E-state index contributed by atoms with van der Waals surface area (Å²) >= 11 is 1.72. The molecule has 0 unspecified atom stereocenters. The van der Waals surface area contributed by atoms with Crippen LogP contribution in [0, 0.1) is 0 Å². The third-order valence-electron chi connectivity index (χ3n) is 4.55. The van der Waals surface area contributed by atoms with Gasteiger partial charge < -0.3 is 5.32 Å². The number of nitrogens with zero attached hydrogens (tertiary/aromatic N) is 1. The minimum absolute atomic E-state index is 0.00961. The number of benzene rings is 1. The van der Waals surface area contributed by atoms with E-state index < -0.39 is 9.84 Å². The van der Waals surface area contributed by atoms with Crippen LogP contribution in [0.5, 0.6) is 0 Å². The van der Waals surface area contributed by atoms with Crippen molar-refractivity contribution in [3.8, 4) is 0 Å². The summed E-state index contributed by atoms with van der Waals surface area (Å²) in [7, 11) is -3.07. The molecular formula is C19H24N2O3S2. The monoisotopic (exact) mass is 392 g/mol. The molecule has 5 nitrogen and oxygen atoms in total. The first kappa shape index (κ1) is 19.1. The van der Waals surface area contributed by atoms with Gasteiger partial charge in [0, 0.05) is 23.2 Å². The van der Waals surface area contributed by atoms with Crippen molar-refractivity contribution in [3.63, 3.8) is 0 Å². The predicted octanol–water partition coefficient (Wildman–Crippen LogP) is 2.86. The molecule has 0 spiro atoms. The minimum atomic E-state index is -3.07. The number of nitrogens with one attached hydrogen (secondary N) is 1. The number of rotatable bonds is 7. The highest BCUT2D eigenvalue weighted by Gasteiger charge is 2.24. The Kier molecular flexibility index (Phi) is 6.11. The minimum Gasteiger partial charge on any atom is -0.350 e. The van der Waals surface area contributed by atoms with Gasteiger partial charge in [0.25, 0.3) is 5.91 Å². The highest BCUT2D eigenvalue weighted by molar-refractivity contribution is 7.89. The molecule has 0 aliphatic carbocycles. The molecular weight excluding hydrogens is 368 g/mol. The van der Waals surface area contributed by atoms with Crippen molar-refractivity contribution in [2.45, 2.75) is 24.6 Å². The van der Waals surface area contributed by atoms with Crippen LogP contribution in [-0.2, 0) is 15.6 Å². The standard InChI is InChI=1S/C19H24N2O3S2/c1-26(23,24)14-15-6-8-16(9-7-15)19(22)20-13-17(18-5-4-12-25-18)21-10-2-3-11-21/h4-9,12,17H,2-3,10-11,13-14H2,1H3,(H,20,22)/t17-/m1/s1. The zero-order valence-electron chi connectivity index (χ0n) is 14.8. The zero-order chi connectivity index (χ0) is 18.6. The molecule has 1 aromatic carbocycles. The number of carbonyl (C=O) groups is 1. The molecule has 1 aromatic heterocycles. The van der Waals surface area contributed by atoms with Gasteiger partial charge in [0.15, 0.2) is 9.84 Å². The maximum absolute atomic E-state index is 12.5. The van der Waals surface area contributed by atoms with Crippen LogP contribution in [0.1, 0.15) is 39.7 Å². The highest BCUT2D eigenvalue weighted by atomic mass is 32.2. The van der Waals surface area contributed by atoms with E-state index in [2.05, 4.69) is 21.7 Å². The van der Waals surface area contributed by atoms with Gasteiger partial charge in [-0.25, -0.2) is 8.42 Å². The van der Waals surface area contributed by atoms with E-state index in [1.165, 1.54) is 24.0 Å². The smallest absolute Gasteiger partial charge is 0.251 e. The van der Waals surface area contributed by atoms with Gasteiger partial charge in [-0.05, 0) is 55.1 Å². The van der Waals surface area contributed by atoms with Crippen LogP contribution >= 0.6 is 11.3 Å². The van der Waals surface area contributed by atoms with Crippen LogP contribution in [0.4, 0.5) is 0 Å². The lowest BCUT2D eigenvalue weighted by molar-refractivity contribution is 0.0938. The van der Waals surface area contributed by atoms with Gasteiger partial charge in [-0.15, -0.1) is 11.3 Å². The molecule has 1 saturated heterocycles. The van der Waals surface area contributed by atoms with Crippen molar-refractivity contribution in [2.75, 3.05) is 25.9 Å². The van der Waals surface area contributed by atoms with E-state index in [9.17, 15) is 13.2 Å². The van der Waals surface area contributed by atoms with Gasteiger partial charge in [0.1, 0.15) is 0 Å². The second-order valence-corrected chi connectivity index (χ2v) is 9.87. The van der Waals surface area contributed by atoms with Gasteiger partial charge in [0.2, 0.25) is 0 Å². The third-order valence-corrected chi connectivity index (χ3v) is 6.39. The second-order valence-electron chi connectivity index (χ2n) is 6.75. The molecule has 7 heteroatoms. The van der Waals surface area contributed by atoms with Gasteiger partial charge in [-0.2, -0.15) is 0 Å². The molecule has 26 heavy (non-hydrogen) atoms. The van der Waals surface area contributed by atoms with Gasteiger partial charge in [-0.3, -0.25) is 9.69 Å². The van der Waals surface area contributed by atoms with Crippen molar-refractivity contribution in [2.24, 2.45) is 0 Å². The largest absolute Gasteiger partial charge is 0.350 e. The number of thiophene rings is 1. The first-order chi connectivity index (χ1) is 12.4. The fourth-order valence-corrected chi connectivity index (χ4v) is 4.95. The predicted molar refractivity (Wildman–Crippen MR) is 105 cm³/mol. The quantitative estimate of drug-likeness (QED) is 0.787. The summed E-state index contributed by atoms with van der Waals surface area (Å²) in [5, 5.41) is 5.11. The topological polar surface area (TPSA) is 66.5 Å². The van der Waals surface area contributed by atoms with E-state index in [0.29, 0.717) is 17.7 Å². The van der Waals surface area contributed by atoms with Crippen LogP contribution in [0.3, 0.4) is 0 Å². The molecule has 1 fully saturated rings. The van der Waals surface area contributed by atoms with Crippen molar-refractivity contribution < 1.29 is 13.2 Å². The Morgan fingerprint density at radius 1 is 1.19 bits per heavy atom. The summed E-state index contributed by atoms with van der Waals surface area (Å²) in [5.41, 5.74) is 1.24. The summed E-state index contributed by atoms with van der Waals surface area (Å²) < 4.78 is 22.7. The number of sulfone groups is 1. The van der Waals surface area contributed by atoms with Crippen molar-refractivity contribution >= 4 is 27.1 Å². The average molecular weight is 393 g/mol. The number of carbonyl (C=O) groups excluding carboxylic acids is 1. The molecule has 0 bridgehead atoms. The Hall–Kier alpha value is -1.70. The van der Waals surface area contributed by atoms with E-state index in [-0.39, 0.29) is 17.7 Å². The van der Waals surface area contributed by atoms with Crippen LogP contribution in [0.25, 0.3) is 0 Å². The van der Waals surface area contributed by atoms with Gasteiger partial charge >= 0.3 is 0 Å². The number of hydrogen-bond acceptors (Lipinski definition) is 5. The van der Waals surface area contributed by atoms with E-state index in [0.717, 1.165) is 13.1 Å². The maximum atomic E-state index is 12.5. The lowest BCUT2D eigenvalue weighted by Gasteiger charge is -2.27. The molecule has 2 aromatic rings. The highest BCUT2D eigenvalue weighted by Crippen LogP contribution is 2.27. The molecule has 0 radical (unpaired) electrons. The summed E-state index contributed by atoms with van der Waals surface area (Å²) in [6, 6.07) is 11.2. The molecule has 1 atom stereocenters. The zero-order valence-corrected chi connectivity index (χ0v) is 16.5. The van der Waals surface area contributed by atoms with Gasteiger partial charge in [0.05, 0.1) is 11.8 Å². The van der Waals surface area contributed by atoms with E-state index in [1.54, 1.807) is 35.6 Å². The molecule has 2 heterocycles. The van der Waals surface area contributed by atoms with Crippen molar-refractivity contribution in [1.82, 2.24) is 10.2 Å². The summed E-state index contributed by atoms with van der Waals surface area (Å²) in [6.45, 7) is 2.71. The first-order valence-electron chi connectivity index (χ1n) is 8.75. The van der Waals surface area contributed by atoms with Crippen LogP contribution in [0.2, 0.25) is 0 Å². The summed E-state index contributed by atoms with van der Waals surface area (Å²) in [4.78, 5) is 16.2. The molecule has 1 amide bonds. The maximum Gasteiger partial charge on any atom is 0.251 e. The lowest BCUT2D eigenvalue weighted by atomic mass is 10.1. The lowest BCUT2D eigenvalue weighted by Crippen LogP contribution is -2.36. The van der Waals surface area contributed by atoms with Crippen LogP contribution < -0.4 is 5.32 Å². The number of amides is 1. The molecule has 1 aliphatic rings. The SMILES string of the molecule is CS(=O)(=O)Cc1ccc(C(=O)NC[C@H](c2cccs2)N2CCCC2)cc1. The Morgan fingerprint density at radius 3 is 2.46 bits per heavy atom. The second kappa shape index (κ2) is 8.33. The average Bonchev–Trinajstić information content (AvgIpc) is 3.28. The van der Waals surface area contributed by atoms with E-state index >= 15 is 0 Å². The van der Waals surface area contributed by atoms with Gasteiger partial charge in [-0.1, -0.05) is 18.2 Å². The number of hydrogen-bond donors (Lipinski definition) is 1. The van der Waals surface area contributed by atoms with E-state index in [4.69, 9.17) is 0 Å². The van der Waals surface area contributed by atoms with E-state index in [1.807, 2.05) is 6.07 Å². The van der Waals surface area contributed by atoms with Crippen molar-refractivity contribution in [3.05, 3.63) is 57.8 Å². The number of likely N-dealkylation sites (tertiary alicyclic amines) is 1. The Morgan fingerprint density at radius 2 is 1.88 bits per heavy atom. The Bertz CT molecular complexity index is 824. The molecule has 1 aliphatic heterocycles. The first-order valence-corrected chi connectivity index (χ1v) is 11.7. The normalized spacial score (nSPS) is 16.5. The molecule has 0 saturated carbocycles. The fraction of sp³-hybridized carbons (Fsp3) is 0.421.